The number of methoxy groups -OCH3 is 1. The van der Waals surface area contributed by atoms with Gasteiger partial charge in [-0.3, -0.25) is 9.59 Å². The van der Waals surface area contributed by atoms with Gasteiger partial charge in [0.05, 0.1) is 7.11 Å². The molecule has 1 heterocycles. The van der Waals surface area contributed by atoms with Crippen molar-refractivity contribution in [1.29, 1.82) is 0 Å². The van der Waals surface area contributed by atoms with Crippen LogP contribution in [0.5, 0.6) is 0 Å². The van der Waals surface area contributed by atoms with Crippen LogP contribution in [0.2, 0.25) is 0 Å². The molecule has 116 valence electrons. The van der Waals surface area contributed by atoms with Gasteiger partial charge in [0, 0.05) is 25.9 Å². The molecule has 0 N–H and O–H groups in total. The molecule has 4 heteroatoms. The van der Waals surface area contributed by atoms with E-state index in [9.17, 15) is 9.59 Å². The highest BCUT2D eigenvalue weighted by Gasteiger charge is 2.14. The molecule has 0 spiro atoms. The first-order valence-electron chi connectivity index (χ1n) is 8.08. The number of hydrogen-bond donors (Lipinski definition) is 0. The van der Waals surface area contributed by atoms with Crippen LogP contribution in [0.1, 0.15) is 70.6 Å². The number of likely N-dealkylation sites (tertiary alicyclic amines) is 1. The number of hydrogen-bond acceptors (Lipinski definition) is 3. The van der Waals surface area contributed by atoms with Crippen molar-refractivity contribution >= 4 is 11.9 Å². The van der Waals surface area contributed by atoms with Gasteiger partial charge in [0.1, 0.15) is 0 Å². The van der Waals surface area contributed by atoms with E-state index in [1.807, 2.05) is 4.90 Å². The predicted molar refractivity (Wildman–Crippen MR) is 79.4 cm³/mol. The second-order valence-electron chi connectivity index (χ2n) is 5.64. The molecule has 0 saturated carbocycles. The van der Waals surface area contributed by atoms with E-state index in [1.165, 1.54) is 32.8 Å². The highest BCUT2D eigenvalue weighted by molar-refractivity contribution is 5.76. The van der Waals surface area contributed by atoms with Crippen LogP contribution in [0.15, 0.2) is 0 Å². The third-order valence-electron chi connectivity index (χ3n) is 3.96. The highest BCUT2D eigenvalue weighted by atomic mass is 16.5. The van der Waals surface area contributed by atoms with Gasteiger partial charge in [-0.05, 0) is 25.7 Å². The maximum absolute atomic E-state index is 12.0. The molecule has 0 bridgehead atoms. The Hall–Kier alpha value is -1.06. The van der Waals surface area contributed by atoms with Crippen molar-refractivity contribution in [2.75, 3.05) is 20.2 Å². The second kappa shape index (κ2) is 10.7. The van der Waals surface area contributed by atoms with E-state index in [0.29, 0.717) is 18.7 Å². The van der Waals surface area contributed by atoms with Crippen LogP contribution in [0.3, 0.4) is 0 Å². The van der Waals surface area contributed by atoms with Crippen LogP contribution in [0, 0.1) is 0 Å². The topological polar surface area (TPSA) is 46.6 Å². The highest BCUT2D eigenvalue weighted by Crippen LogP contribution is 2.13. The molecule has 0 aromatic carbocycles. The van der Waals surface area contributed by atoms with E-state index in [4.69, 9.17) is 0 Å². The van der Waals surface area contributed by atoms with Crippen molar-refractivity contribution in [3.8, 4) is 0 Å². The minimum absolute atomic E-state index is 0.124. The summed E-state index contributed by atoms with van der Waals surface area (Å²) >= 11 is 0. The van der Waals surface area contributed by atoms with Gasteiger partial charge in [0.15, 0.2) is 0 Å². The largest absolute Gasteiger partial charge is 0.469 e. The summed E-state index contributed by atoms with van der Waals surface area (Å²) in [6.45, 7) is 1.91. The molecule has 0 aromatic rings. The summed E-state index contributed by atoms with van der Waals surface area (Å²) in [7, 11) is 1.43. The maximum atomic E-state index is 12.0. The Balaban J connectivity index is 1.97. The van der Waals surface area contributed by atoms with E-state index < -0.39 is 0 Å². The lowest BCUT2D eigenvalue weighted by molar-refractivity contribution is -0.140. The number of nitrogens with zero attached hydrogens (tertiary/aromatic N) is 1. The summed E-state index contributed by atoms with van der Waals surface area (Å²) in [6, 6.07) is 0. The predicted octanol–water partition coefficient (Wildman–Crippen LogP) is 3.29. The fourth-order valence-corrected chi connectivity index (χ4v) is 2.66. The van der Waals surface area contributed by atoms with Gasteiger partial charge in [0.2, 0.25) is 5.91 Å². The molecule has 0 aliphatic carbocycles. The zero-order valence-corrected chi connectivity index (χ0v) is 12.9. The summed E-state index contributed by atoms with van der Waals surface area (Å²) in [5.74, 6) is 0.211. The molecule has 1 aliphatic rings. The van der Waals surface area contributed by atoms with Gasteiger partial charge >= 0.3 is 5.97 Å². The maximum Gasteiger partial charge on any atom is 0.305 e. The Morgan fingerprint density at radius 2 is 1.40 bits per heavy atom. The Kier molecular flexibility index (Phi) is 9.09. The number of amides is 1. The van der Waals surface area contributed by atoms with Crippen LogP contribution in [0.25, 0.3) is 0 Å². The number of unbranched alkanes of at least 4 members (excludes halogenated alkanes) is 4. The van der Waals surface area contributed by atoms with Gasteiger partial charge in [-0.15, -0.1) is 0 Å². The Bertz CT molecular complexity index is 283. The smallest absolute Gasteiger partial charge is 0.305 e. The lowest BCUT2D eigenvalue weighted by atomic mass is 10.1. The van der Waals surface area contributed by atoms with Crippen LogP contribution in [-0.2, 0) is 14.3 Å². The van der Waals surface area contributed by atoms with Crippen LogP contribution in [-0.4, -0.2) is 37.0 Å². The van der Waals surface area contributed by atoms with Gasteiger partial charge in [-0.25, -0.2) is 0 Å². The van der Waals surface area contributed by atoms with E-state index in [0.717, 1.165) is 45.2 Å². The molecule has 0 atom stereocenters. The number of ether oxygens (including phenoxy) is 1. The number of rotatable bonds is 8. The van der Waals surface area contributed by atoms with Crippen molar-refractivity contribution in [3.05, 3.63) is 0 Å². The zero-order chi connectivity index (χ0) is 14.6. The minimum Gasteiger partial charge on any atom is -0.469 e. The van der Waals surface area contributed by atoms with Gasteiger partial charge in [-0.1, -0.05) is 32.1 Å². The average molecular weight is 283 g/mol. The average Bonchev–Trinajstić information content (AvgIpc) is 2.74. The van der Waals surface area contributed by atoms with Gasteiger partial charge in [-0.2, -0.15) is 0 Å². The molecule has 1 aliphatic heterocycles. The minimum atomic E-state index is -0.124. The summed E-state index contributed by atoms with van der Waals surface area (Å²) < 4.78 is 4.60. The van der Waals surface area contributed by atoms with E-state index in [2.05, 4.69) is 4.74 Å². The number of carbonyl (C=O) groups excluding carboxylic acids is 2. The normalized spacial score (nSPS) is 15.8. The summed E-state index contributed by atoms with van der Waals surface area (Å²) in [4.78, 5) is 25.0. The van der Waals surface area contributed by atoms with E-state index in [-0.39, 0.29) is 5.97 Å². The molecule has 1 rings (SSSR count). The number of carbonyl (C=O) groups is 2. The monoisotopic (exact) mass is 283 g/mol. The summed E-state index contributed by atoms with van der Waals surface area (Å²) in [5.41, 5.74) is 0. The quantitative estimate of drug-likeness (QED) is 0.507. The molecule has 0 aromatic heterocycles. The third kappa shape index (κ3) is 7.51. The Morgan fingerprint density at radius 3 is 2.00 bits per heavy atom. The summed E-state index contributed by atoms with van der Waals surface area (Å²) in [6.07, 6.45) is 11.2. The van der Waals surface area contributed by atoms with Crippen LogP contribution in [0.4, 0.5) is 0 Å². The first kappa shape index (κ1) is 17.0. The van der Waals surface area contributed by atoms with Gasteiger partial charge < -0.3 is 9.64 Å². The second-order valence-corrected chi connectivity index (χ2v) is 5.64. The molecule has 1 fully saturated rings. The third-order valence-corrected chi connectivity index (χ3v) is 3.96. The van der Waals surface area contributed by atoms with E-state index >= 15 is 0 Å². The van der Waals surface area contributed by atoms with E-state index in [1.54, 1.807) is 0 Å². The van der Waals surface area contributed by atoms with Crippen LogP contribution < -0.4 is 0 Å². The molecule has 0 radical (unpaired) electrons. The SMILES string of the molecule is COC(=O)CCCCCCCC(=O)N1CCCCCC1. The van der Waals surface area contributed by atoms with Crippen molar-refractivity contribution in [2.45, 2.75) is 70.6 Å². The Morgan fingerprint density at radius 1 is 0.850 bits per heavy atom. The molecule has 20 heavy (non-hydrogen) atoms. The standard InChI is InChI=1S/C16H29NO3/c1-20-16(19)12-8-4-2-3-7-11-15(18)17-13-9-5-6-10-14-17/h2-14H2,1H3. The van der Waals surface area contributed by atoms with Crippen molar-refractivity contribution in [1.82, 2.24) is 4.90 Å². The van der Waals surface area contributed by atoms with Crippen molar-refractivity contribution in [2.24, 2.45) is 0 Å². The number of esters is 1. The lowest BCUT2D eigenvalue weighted by Gasteiger charge is -2.20. The van der Waals surface area contributed by atoms with Gasteiger partial charge in [0.25, 0.3) is 0 Å². The van der Waals surface area contributed by atoms with Crippen molar-refractivity contribution < 1.29 is 14.3 Å². The summed E-state index contributed by atoms with van der Waals surface area (Å²) in [5, 5.41) is 0. The fraction of sp³-hybridized carbons (Fsp3) is 0.875. The molecule has 0 unspecified atom stereocenters. The zero-order valence-electron chi connectivity index (χ0n) is 12.9. The first-order chi connectivity index (χ1) is 9.74. The molecular formula is C16H29NO3. The Labute approximate surface area is 122 Å². The molecule has 1 saturated heterocycles. The van der Waals surface area contributed by atoms with Crippen molar-refractivity contribution in [3.63, 3.8) is 0 Å². The molecule has 4 nitrogen and oxygen atoms in total. The first-order valence-corrected chi connectivity index (χ1v) is 8.08. The van der Waals surface area contributed by atoms with Crippen LogP contribution >= 0.6 is 0 Å². The lowest BCUT2D eigenvalue weighted by Crippen LogP contribution is -2.31. The fourth-order valence-electron chi connectivity index (χ4n) is 2.66. The molecule has 1 amide bonds. The molecular weight excluding hydrogens is 254 g/mol.